The summed E-state index contributed by atoms with van der Waals surface area (Å²) in [4.78, 5) is 6.53. The average molecular weight is 283 g/mol. The van der Waals surface area contributed by atoms with Gasteiger partial charge in [0.05, 0.1) is 24.5 Å². The number of ether oxygens (including phenoxy) is 1. The van der Waals surface area contributed by atoms with Crippen molar-refractivity contribution in [2.24, 2.45) is 0 Å². The van der Waals surface area contributed by atoms with E-state index in [0.717, 1.165) is 31.8 Å². The molecule has 4 nitrogen and oxygen atoms in total. The first-order valence-electron chi connectivity index (χ1n) is 7.10. The van der Waals surface area contributed by atoms with Crippen LogP contribution in [0.2, 0.25) is 0 Å². The largest absolute Gasteiger partial charge is 0.383 e. The SMILES string of the molecule is CNC(CCN(CCOC)C(C)C)c1ccc(F)cn1. The molecule has 1 heterocycles. The summed E-state index contributed by atoms with van der Waals surface area (Å²) >= 11 is 0. The zero-order valence-corrected chi connectivity index (χ0v) is 12.9. The van der Waals surface area contributed by atoms with Crippen LogP contribution in [-0.4, -0.2) is 49.8 Å². The zero-order valence-electron chi connectivity index (χ0n) is 12.9. The molecule has 0 radical (unpaired) electrons. The third-order valence-corrected chi connectivity index (χ3v) is 3.47. The van der Waals surface area contributed by atoms with Gasteiger partial charge in [0.1, 0.15) is 5.82 Å². The van der Waals surface area contributed by atoms with Crippen molar-refractivity contribution in [1.82, 2.24) is 15.2 Å². The molecule has 1 rings (SSSR count). The average Bonchev–Trinajstić information content (AvgIpc) is 2.44. The van der Waals surface area contributed by atoms with Crippen molar-refractivity contribution in [3.8, 4) is 0 Å². The summed E-state index contributed by atoms with van der Waals surface area (Å²) < 4.78 is 18.1. The highest BCUT2D eigenvalue weighted by molar-refractivity contribution is 5.09. The first-order chi connectivity index (χ1) is 9.58. The van der Waals surface area contributed by atoms with E-state index in [1.165, 1.54) is 12.3 Å². The van der Waals surface area contributed by atoms with Crippen LogP contribution in [0.15, 0.2) is 18.3 Å². The quantitative estimate of drug-likeness (QED) is 0.754. The second kappa shape index (κ2) is 9.00. The molecule has 0 aliphatic rings. The van der Waals surface area contributed by atoms with E-state index in [9.17, 15) is 4.39 Å². The van der Waals surface area contributed by atoms with Crippen LogP contribution in [-0.2, 0) is 4.74 Å². The number of halogens is 1. The van der Waals surface area contributed by atoms with Gasteiger partial charge in [-0.25, -0.2) is 4.39 Å². The van der Waals surface area contributed by atoms with Crippen molar-refractivity contribution in [2.75, 3.05) is 33.9 Å². The number of pyridine rings is 1. The van der Waals surface area contributed by atoms with Crippen LogP contribution in [0.3, 0.4) is 0 Å². The van der Waals surface area contributed by atoms with Crippen LogP contribution in [0.5, 0.6) is 0 Å². The fourth-order valence-corrected chi connectivity index (χ4v) is 2.17. The monoisotopic (exact) mass is 283 g/mol. The van der Waals surface area contributed by atoms with Crippen molar-refractivity contribution in [3.63, 3.8) is 0 Å². The van der Waals surface area contributed by atoms with Crippen LogP contribution < -0.4 is 5.32 Å². The maximum Gasteiger partial charge on any atom is 0.141 e. The molecular formula is C15H26FN3O. The van der Waals surface area contributed by atoms with Gasteiger partial charge in [-0.1, -0.05) is 0 Å². The lowest BCUT2D eigenvalue weighted by Crippen LogP contribution is -2.36. The van der Waals surface area contributed by atoms with Crippen LogP contribution in [0.1, 0.15) is 32.0 Å². The van der Waals surface area contributed by atoms with Gasteiger partial charge >= 0.3 is 0 Å². The summed E-state index contributed by atoms with van der Waals surface area (Å²) in [6.45, 7) is 6.96. The summed E-state index contributed by atoms with van der Waals surface area (Å²) in [5, 5.41) is 3.25. The van der Waals surface area contributed by atoms with E-state index in [1.807, 2.05) is 7.05 Å². The lowest BCUT2D eigenvalue weighted by molar-refractivity contribution is 0.126. The zero-order chi connectivity index (χ0) is 15.0. The smallest absolute Gasteiger partial charge is 0.141 e. The number of methoxy groups -OCH3 is 1. The summed E-state index contributed by atoms with van der Waals surface area (Å²) in [6, 6.07) is 3.81. The predicted molar refractivity (Wildman–Crippen MR) is 79.2 cm³/mol. The van der Waals surface area contributed by atoms with Gasteiger partial charge in [0.25, 0.3) is 0 Å². The molecule has 0 fully saturated rings. The van der Waals surface area contributed by atoms with E-state index in [-0.39, 0.29) is 11.9 Å². The summed E-state index contributed by atoms with van der Waals surface area (Å²) in [5.41, 5.74) is 0.879. The number of nitrogens with one attached hydrogen (secondary N) is 1. The number of hydrogen-bond donors (Lipinski definition) is 1. The Labute approximate surface area is 121 Å². The van der Waals surface area contributed by atoms with Crippen LogP contribution in [0.4, 0.5) is 4.39 Å². The van der Waals surface area contributed by atoms with Crippen molar-refractivity contribution in [3.05, 3.63) is 29.8 Å². The maximum atomic E-state index is 12.9. The van der Waals surface area contributed by atoms with E-state index < -0.39 is 0 Å². The standard InChI is InChI=1S/C15H26FN3O/c1-12(2)19(9-10-20-4)8-7-14(17-3)15-6-5-13(16)11-18-15/h5-6,11-12,14,17H,7-10H2,1-4H3. The van der Waals surface area contributed by atoms with Gasteiger partial charge in [-0.15, -0.1) is 0 Å². The molecule has 20 heavy (non-hydrogen) atoms. The van der Waals surface area contributed by atoms with E-state index >= 15 is 0 Å². The molecule has 0 bridgehead atoms. The second-order valence-corrected chi connectivity index (χ2v) is 5.15. The molecule has 0 aliphatic carbocycles. The van der Waals surface area contributed by atoms with E-state index in [1.54, 1.807) is 13.2 Å². The first-order valence-corrected chi connectivity index (χ1v) is 7.10. The van der Waals surface area contributed by atoms with Gasteiger partial charge in [-0.2, -0.15) is 0 Å². The molecule has 0 aromatic carbocycles. The third kappa shape index (κ3) is 5.53. The van der Waals surface area contributed by atoms with E-state index in [0.29, 0.717) is 6.04 Å². The minimum absolute atomic E-state index is 0.138. The molecule has 5 heteroatoms. The molecular weight excluding hydrogens is 257 g/mol. The molecule has 0 aliphatic heterocycles. The lowest BCUT2D eigenvalue weighted by Gasteiger charge is -2.28. The fourth-order valence-electron chi connectivity index (χ4n) is 2.17. The van der Waals surface area contributed by atoms with Gasteiger partial charge < -0.3 is 10.1 Å². The highest BCUT2D eigenvalue weighted by Crippen LogP contribution is 2.15. The Hall–Kier alpha value is -1.04. The Kier molecular flexibility index (Phi) is 7.65. The molecule has 0 spiro atoms. The molecule has 1 aromatic heterocycles. The van der Waals surface area contributed by atoms with Crippen molar-refractivity contribution in [1.29, 1.82) is 0 Å². The summed E-state index contributed by atoms with van der Waals surface area (Å²) in [7, 11) is 3.63. The molecule has 0 amide bonds. The van der Waals surface area contributed by atoms with Crippen molar-refractivity contribution in [2.45, 2.75) is 32.4 Å². The molecule has 1 atom stereocenters. The van der Waals surface area contributed by atoms with Gasteiger partial charge in [0.15, 0.2) is 0 Å². The lowest BCUT2D eigenvalue weighted by atomic mass is 10.1. The van der Waals surface area contributed by atoms with E-state index in [4.69, 9.17) is 4.74 Å². The second-order valence-electron chi connectivity index (χ2n) is 5.15. The number of rotatable bonds is 9. The van der Waals surface area contributed by atoms with Crippen LogP contribution in [0, 0.1) is 5.82 Å². The maximum absolute atomic E-state index is 12.9. The highest BCUT2D eigenvalue weighted by atomic mass is 19.1. The Morgan fingerprint density at radius 2 is 2.10 bits per heavy atom. The minimum Gasteiger partial charge on any atom is -0.383 e. The Balaban J connectivity index is 2.56. The first kappa shape index (κ1) is 17.0. The van der Waals surface area contributed by atoms with Gasteiger partial charge in [0.2, 0.25) is 0 Å². The number of aromatic nitrogens is 1. The van der Waals surface area contributed by atoms with Gasteiger partial charge in [-0.3, -0.25) is 9.88 Å². The Morgan fingerprint density at radius 1 is 1.35 bits per heavy atom. The summed E-state index contributed by atoms with van der Waals surface area (Å²) in [5.74, 6) is -0.299. The van der Waals surface area contributed by atoms with Crippen LogP contribution >= 0.6 is 0 Å². The normalized spacial score (nSPS) is 13.2. The molecule has 0 saturated carbocycles. The Bertz CT molecular complexity index is 370. The van der Waals surface area contributed by atoms with E-state index in [2.05, 4.69) is 29.0 Å². The molecule has 1 aromatic rings. The van der Waals surface area contributed by atoms with Crippen molar-refractivity contribution < 1.29 is 9.13 Å². The molecule has 1 unspecified atom stereocenters. The topological polar surface area (TPSA) is 37.4 Å². The fraction of sp³-hybridized carbons (Fsp3) is 0.667. The highest BCUT2D eigenvalue weighted by Gasteiger charge is 2.15. The van der Waals surface area contributed by atoms with Crippen molar-refractivity contribution >= 4 is 0 Å². The molecule has 114 valence electrons. The summed E-state index contributed by atoms with van der Waals surface area (Å²) in [6.07, 6.45) is 2.20. The molecule has 1 N–H and O–H groups in total. The van der Waals surface area contributed by atoms with Crippen LogP contribution in [0.25, 0.3) is 0 Å². The minimum atomic E-state index is -0.299. The Morgan fingerprint density at radius 3 is 2.60 bits per heavy atom. The number of nitrogens with zero attached hydrogens (tertiary/aromatic N) is 2. The number of hydrogen-bond acceptors (Lipinski definition) is 4. The predicted octanol–water partition coefficient (Wildman–Crippen LogP) is 2.23. The van der Waals surface area contributed by atoms with Gasteiger partial charge in [0, 0.05) is 26.2 Å². The third-order valence-electron chi connectivity index (χ3n) is 3.47. The van der Waals surface area contributed by atoms with Gasteiger partial charge in [-0.05, 0) is 39.4 Å². The molecule has 0 saturated heterocycles.